The van der Waals surface area contributed by atoms with E-state index in [0.29, 0.717) is 6.61 Å². The van der Waals surface area contributed by atoms with Gasteiger partial charge in [-0.25, -0.2) is 0 Å². The van der Waals surface area contributed by atoms with Crippen molar-refractivity contribution in [2.45, 2.75) is 64.9 Å². The van der Waals surface area contributed by atoms with Crippen molar-refractivity contribution in [1.82, 2.24) is 0 Å². The first-order valence-electron chi connectivity index (χ1n) is 9.32. The molecule has 2 heteroatoms. The van der Waals surface area contributed by atoms with Crippen molar-refractivity contribution >= 4 is 0 Å². The van der Waals surface area contributed by atoms with Crippen LogP contribution in [-0.2, 0) is 4.74 Å². The summed E-state index contributed by atoms with van der Waals surface area (Å²) in [6, 6.07) is 0. The highest BCUT2D eigenvalue weighted by Gasteiger charge is 2.03. The number of aliphatic hydroxyl groups excluding tert-OH is 1. The van der Waals surface area contributed by atoms with Crippen LogP contribution >= 0.6 is 0 Å². The van der Waals surface area contributed by atoms with E-state index in [-0.39, 0.29) is 12.7 Å². The van der Waals surface area contributed by atoms with Crippen molar-refractivity contribution in [3.8, 4) is 0 Å². The lowest BCUT2D eigenvalue weighted by atomic mass is 10.2. The number of aliphatic hydroxyl groups is 1. The van der Waals surface area contributed by atoms with Gasteiger partial charge in [-0.15, -0.1) is 0 Å². The van der Waals surface area contributed by atoms with Crippen LogP contribution in [0.4, 0.5) is 0 Å². The normalized spacial score (nSPS) is 14.3. The molecule has 0 aromatic rings. The van der Waals surface area contributed by atoms with E-state index in [1.807, 2.05) is 6.92 Å². The Morgan fingerprint density at radius 2 is 1.17 bits per heavy atom. The highest BCUT2D eigenvalue weighted by Crippen LogP contribution is 2.03. The zero-order valence-electron chi connectivity index (χ0n) is 15.6. The molecule has 24 heavy (non-hydrogen) atoms. The fourth-order valence-corrected chi connectivity index (χ4v) is 2.11. The van der Waals surface area contributed by atoms with Crippen LogP contribution in [0.1, 0.15) is 58.8 Å². The van der Waals surface area contributed by atoms with Crippen LogP contribution in [0.3, 0.4) is 0 Å². The molecule has 0 aliphatic carbocycles. The molecule has 2 nitrogen and oxygen atoms in total. The summed E-state index contributed by atoms with van der Waals surface area (Å²) in [6.45, 7) is 4.88. The highest BCUT2D eigenvalue weighted by molar-refractivity contribution is 5.00. The van der Waals surface area contributed by atoms with E-state index in [2.05, 4.69) is 67.7 Å². The summed E-state index contributed by atoms with van der Waals surface area (Å²) in [7, 11) is 0. The van der Waals surface area contributed by atoms with Crippen LogP contribution in [0.5, 0.6) is 0 Å². The van der Waals surface area contributed by atoms with E-state index in [0.717, 1.165) is 44.9 Å². The maximum absolute atomic E-state index is 9.11. The summed E-state index contributed by atoms with van der Waals surface area (Å²) in [5, 5.41) is 9.11. The Labute approximate surface area is 149 Å². The third-order valence-corrected chi connectivity index (χ3v) is 3.42. The lowest BCUT2D eigenvalue weighted by Gasteiger charge is -2.12. The number of rotatable bonds is 15. The summed E-state index contributed by atoms with van der Waals surface area (Å²) >= 11 is 0. The first kappa shape index (κ1) is 22.6. The lowest BCUT2D eigenvalue weighted by Crippen LogP contribution is -2.16. The molecule has 0 aliphatic heterocycles. The minimum Gasteiger partial charge on any atom is -0.394 e. The van der Waals surface area contributed by atoms with Crippen molar-refractivity contribution < 1.29 is 9.84 Å². The first-order chi connectivity index (χ1) is 11.8. The molecule has 0 spiro atoms. The van der Waals surface area contributed by atoms with Crippen LogP contribution in [0, 0.1) is 0 Å². The van der Waals surface area contributed by atoms with Gasteiger partial charge in [0.15, 0.2) is 0 Å². The average molecular weight is 333 g/mol. The highest BCUT2D eigenvalue weighted by atomic mass is 16.5. The van der Waals surface area contributed by atoms with Crippen LogP contribution in [0.2, 0.25) is 0 Å². The largest absolute Gasteiger partial charge is 0.394 e. The number of hydrogen-bond donors (Lipinski definition) is 1. The number of ether oxygens (including phenoxy) is 1. The zero-order chi connectivity index (χ0) is 17.7. The summed E-state index contributed by atoms with van der Waals surface area (Å²) in [5.41, 5.74) is 0. The summed E-state index contributed by atoms with van der Waals surface area (Å²) in [5.74, 6) is 0. The van der Waals surface area contributed by atoms with Gasteiger partial charge in [-0.1, -0.05) is 67.7 Å². The smallest absolute Gasteiger partial charge is 0.0808 e. The van der Waals surface area contributed by atoms with Gasteiger partial charge in [0, 0.05) is 6.61 Å². The quantitative estimate of drug-likeness (QED) is 0.377. The molecular weight excluding hydrogens is 296 g/mol. The monoisotopic (exact) mass is 332 g/mol. The van der Waals surface area contributed by atoms with Gasteiger partial charge in [0.1, 0.15) is 0 Å². The van der Waals surface area contributed by atoms with Gasteiger partial charge in [0.05, 0.1) is 12.7 Å². The van der Waals surface area contributed by atoms with Crippen LogP contribution in [-0.4, -0.2) is 24.4 Å². The minimum atomic E-state index is -0.0166. The second-order valence-electron chi connectivity index (χ2n) is 5.55. The molecule has 1 unspecified atom stereocenters. The summed E-state index contributed by atoms with van der Waals surface area (Å²) in [4.78, 5) is 0. The van der Waals surface area contributed by atoms with E-state index in [4.69, 9.17) is 9.84 Å². The molecule has 0 fully saturated rings. The van der Waals surface area contributed by atoms with Crippen molar-refractivity contribution in [2.75, 3.05) is 13.2 Å². The molecule has 0 saturated carbocycles. The topological polar surface area (TPSA) is 29.5 Å². The van der Waals surface area contributed by atoms with E-state index in [1.165, 1.54) is 0 Å². The molecule has 1 N–H and O–H groups in total. The van der Waals surface area contributed by atoms with Crippen LogP contribution < -0.4 is 0 Å². The Morgan fingerprint density at radius 3 is 1.58 bits per heavy atom. The van der Waals surface area contributed by atoms with Crippen LogP contribution in [0.15, 0.2) is 60.8 Å². The van der Waals surface area contributed by atoms with Gasteiger partial charge in [-0.05, 0) is 51.9 Å². The Balaban J connectivity index is 3.56. The second-order valence-corrected chi connectivity index (χ2v) is 5.55. The Kier molecular flexibility index (Phi) is 18.5. The number of hydrogen-bond acceptors (Lipinski definition) is 2. The molecule has 0 radical (unpaired) electrons. The van der Waals surface area contributed by atoms with Crippen molar-refractivity contribution in [2.24, 2.45) is 0 Å². The first-order valence-corrected chi connectivity index (χ1v) is 9.32. The van der Waals surface area contributed by atoms with Crippen LogP contribution in [0.25, 0.3) is 0 Å². The molecular formula is C22H36O2. The molecule has 0 saturated heterocycles. The van der Waals surface area contributed by atoms with E-state index in [1.54, 1.807) is 0 Å². The standard InChI is InChI=1S/C22H36O2/c1-3-5-6-7-8-9-10-11-12-13-14-15-16-17-18-19-20-22(21-23)24-4-2/h5-6,8-9,11-12,14-15,17-18,22-23H,3-4,7,10,13,16,19-21H2,1-2H3/b6-5-,9-8-,12-11-,15-14-,18-17+. The van der Waals surface area contributed by atoms with E-state index >= 15 is 0 Å². The predicted octanol–water partition coefficient (Wildman–Crippen LogP) is 5.92. The average Bonchev–Trinajstić information content (AvgIpc) is 2.60. The lowest BCUT2D eigenvalue weighted by molar-refractivity contribution is 0.0157. The molecule has 0 aromatic carbocycles. The van der Waals surface area contributed by atoms with Gasteiger partial charge in [-0.3, -0.25) is 0 Å². The van der Waals surface area contributed by atoms with Gasteiger partial charge >= 0.3 is 0 Å². The third-order valence-electron chi connectivity index (χ3n) is 3.42. The second kappa shape index (κ2) is 19.7. The van der Waals surface area contributed by atoms with Crippen molar-refractivity contribution in [3.63, 3.8) is 0 Å². The fourth-order valence-electron chi connectivity index (χ4n) is 2.11. The Morgan fingerprint density at radius 1 is 0.708 bits per heavy atom. The zero-order valence-corrected chi connectivity index (χ0v) is 15.6. The summed E-state index contributed by atoms with van der Waals surface area (Å²) in [6.07, 6.45) is 28.9. The van der Waals surface area contributed by atoms with Gasteiger partial charge in [0.2, 0.25) is 0 Å². The maximum Gasteiger partial charge on any atom is 0.0808 e. The molecule has 1 atom stereocenters. The maximum atomic E-state index is 9.11. The van der Waals surface area contributed by atoms with Gasteiger partial charge < -0.3 is 9.84 Å². The van der Waals surface area contributed by atoms with E-state index < -0.39 is 0 Å². The van der Waals surface area contributed by atoms with Gasteiger partial charge in [-0.2, -0.15) is 0 Å². The fraction of sp³-hybridized carbons (Fsp3) is 0.545. The molecule has 0 amide bonds. The predicted molar refractivity (Wildman–Crippen MR) is 106 cm³/mol. The van der Waals surface area contributed by atoms with Crippen molar-refractivity contribution in [1.29, 1.82) is 0 Å². The summed E-state index contributed by atoms with van der Waals surface area (Å²) < 4.78 is 5.40. The minimum absolute atomic E-state index is 0.0166. The molecule has 0 rings (SSSR count). The molecule has 0 aliphatic rings. The number of allylic oxidation sites excluding steroid dienone is 10. The van der Waals surface area contributed by atoms with E-state index in [9.17, 15) is 0 Å². The Hall–Kier alpha value is -1.38. The molecule has 136 valence electrons. The Bertz CT molecular complexity index is 389. The molecule has 0 aromatic heterocycles. The molecule has 0 bridgehead atoms. The molecule has 0 heterocycles. The van der Waals surface area contributed by atoms with Crippen molar-refractivity contribution in [3.05, 3.63) is 60.8 Å². The SMILES string of the molecule is CC/C=C\C/C=C\C/C=C\C/C=C\C/C=C/CCC(CO)OCC. The van der Waals surface area contributed by atoms with Gasteiger partial charge in [0.25, 0.3) is 0 Å². The third kappa shape index (κ3) is 17.0.